The number of halogens is 2. The van der Waals surface area contributed by atoms with Crippen molar-refractivity contribution in [3.63, 3.8) is 0 Å². The summed E-state index contributed by atoms with van der Waals surface area (Å²) in [7, 11) is 0. The van der Waals surface area contributed by atoms with Gasteiger partial charge in [0.1, 0.15) is 0 Å². The van der Waals surface area contributed by atoms with Gasteiger partial charge in [-0.05, 0) is 18.9 Å². The predicted octanol–water partition coefficient (Wildman–Crippen LogP) is 1.79. The number of hydrogen-bond acceptors (Lipinski definition) is 4. The molecular weight excluding hydrogens is 257 g/mol. The van der Waals surface area contributed by atoms with Gasteiger partial charge < -0.3 is 15.8 Å². The highest BCUT2D eigenvalue weighted by Crippen LogP contribution is 2.38. The molecule has 2 heterocycles. The van der Waals surface area contributed by atoms with Crippen molar-refractivity contribution >= 4 is 17.4 Å². The second-order valence-corrected chi connectivity index (χ2v) is 5.31. The summed E-state index contributed by atoms with van der Waals surface area (Å²) in [5.74, 6) is 0.105. The van der Waals surface area contributed by atoms with Crippen LogP contribution in [0.5, 0.6) is 0 Å². The van der Waals surface area contributed by atoms with Gasteiger partial charge in [-0.25, -0.2) is 9.37 Å². The third-order valence-corrected chi connectivity index (χ3v) is 3.99. The number of nitrogens with two attached hydrogens (primary N) is 1. The van der Waals surface area contributed by atoms with E-state index in [1.165, 1.54) is 12.3 Å². The topological polar surface area (TPSA) is 60.2 Å². The molecule has 0 spiro atoms. The molecule has 0 radical (unpaired) electrons. The fourth-order valence-electron chi connectivity index (χ4n) is 2.80. The molecule has 2 fully saturated rings. The average molecular weight is 272 g/mol. The van der Waals surface area contributed by atoms with Crippen LogP contribution in [-0.4, -0.2) is 29.8 Å². The Morgan fingerprint density at radius 3 is 3.17 bits per heavy atom. The maximum Gasteiger partial charge on any atom is 0.166 e. The highest BCUT2D eigenvalue weighted by Gasteiger charge is 2.50. The van der Waals surface area contributed by atoms with Crippen LogP contribution in [0.3, 0.4) is 0 Å². The Bertz CT molecular complexity index is 459. The molecule has 2 aliphatic rings. The van der Waals surface area contributed by atoms with Gasteiger partial charge in [0.25, 0.3) is 0 Å². The smallest absolute Gasteiger partial charge is 0.166 e. The molecule has 1 saturated carbocycles. The molecule has 0 amide bonds. The summed E-state index contributed by atoms with van der Waals surface area (Å²) in [6.45, 7) is 0.753. The molecule has 1 aliphatic carbocycles. The summed E-state index contributed by atoms with van der Waals surface area (Å²) < 4.78 is 19.3. The van der Waals surface area contributed by atoms with Crippen LogP contribution in [-0.2, 0) is 4.74 Å². The molecule has 3 rings (SSSR count). The summed E-state index contributed by atoms with van der Waals surface area (Å²) in [5, 5.41) is 3.31. The van der Waals surface area contributed by atoms with Gasteiger partial charge in [-0.15, -0.1) is 0 Å². The minimum Gasteiger partial charge on any atom is -0.376 e. The molecule has 3 N–H and O–H groups in total. The van der Waals surface area contributed by atoms with Gasteiger partial charge in [-0.2, -0.15) is 0 Å². The van der Waals surface area contributed by atoms with E-state index in [4.69, 9.17) is 22.1 Å². The van der Waals surface area contributed by atoms with E-state index in [9.17, 15) is 4.39 Å². The lowest BCUT2D eigenvalue weighted by Crippen LogP contribution is -2.69. The lowest BCUT2D eigenvalue weighted by Gasteiger charge is -2.52. The quantitative estimate of drug-likeness (QED) is 0.861. The first-order valence-electron chi connectivity index (χ1n) is 6.11. The van der Waals surface area contributed by atoms with Crippen LogP contribution in [0, 0.1) is 11.7 Å². The largest absolute Gasteiger partial charge is 0.376 e. The number of hydrogen-bond donors (Lipinski definition) is 2. The highest BCUT2D eigenvalue weighted by atomic mass is 35.5. The number of fused-ring (bicyclic) bond motifs is 1. The lowest BCUT2D eigenvalue weighted by molar-refractivity contribution is -0.104. The van der Waals surface area contributed by atoms with Crippen LogP contribution >= 0.6 is 11.6 Å². The molecule has 1 saturated heterocycles. The number of ether oxygens (including phenoxy) is 1. The number of rotatable bonds is 2. The molecule has 18 heavy (non-hydrogen) atoms. The van der Waals surface area contributed by atoms with E-state index >= 15 is 0 Å². The first-order chi connectivity index (χ1) is 8.66. The molecule has 0 aromatic carbocycles. The zero-order valence-electron chi connectivity index (χ0n) is 9.77. The first kappa shape index (κ1) is 12.1. The van der Waals surface area contributed by atoms with E-state index in [0.29, 0.717) is 5.92 Å². The minimum absolute atomic E-state index is 0.00724. The van der Waals surface area contributed by atoms with Crippen molar-refractivity contribution in [3.05, 3.63) is 23.1 Å². The fraction of sp³-hybridized carbons (Fsp3) is 0.583. The first-order valence-corrected chi connectivity index (χ1v) is 6.49. The van der Waals surface area contributed by atoms with Crippen molar-refractivity contribution in [2.75, 3.05) is 11.9 Å². The van der Waals surface area contributed by atoms with Gasteiger partial charge in [0.05, 0.1) is 17.2 Å². The molecule has 1 aliphatic heterocycles. The molecule has 4 atom stereocenters. The molecule has 6 heteroatoms. The van der Waals surface area contributed by atoms with Crippen molar-refractivity contribution < 1.29 is 9.13 Å². The van der Waals surface area contributed by atoms with Gasteiger partial charge in [0.15, 0.2) is 11.6 Å². The van der Waals surface area contributed by atoms with Crippen molar-refractivity contribution in [2.45, 2.75) is 31.0 Å². The molecule has 0 bridgehead atoms. The van der Waals surface area contributed by atoms with Crippen molar-refractivity contribution in [2.24, 2.45) is 11.7 Å². The monoisotopic (exact) mass is 271 g/mol. The molecule has 1 aromatic heterocycles. The maximum absolute atomic E-state index is 13.6. The fourth-order valence-corrected chi connectivity index (χ4v) is 2.95. The van der Waals surface area contributed by atoms with Crippen molar-refractivity contribution in [1.82, 2.24) is 4.98 Å². The standard InChI is InChI=1S/C12H15ClFN3O/c13-6-4-8(14)12(16-5-6)17-10-9(15)7-2-1-3-18-11(7)10/h4-5,7,9-11H,1-3,15H2,(H,16,17). The Kier molecular flexibility index (Phi) is 3.13. The summed E-state index contributed by atoms with van der Waals surface area (Å²) in [4.78, 5) is 3.94. The third-order valence-electron chi connectivity index (χ3n) is 3.79. The minimum atomic E-state index is -0.464. The lowest BCUT2D eigenvalue weighted by atomic mass is 9.68. The number of nitrogens with zero attached hydrogens (tertiary/aromatic N) is 1. The number of anilines is 1. The van der Waals surface area contributed by atoms with Crippen LogP contribution in [0.2, 0.25) is 5.02 Å². The SMILES string of the molecule is NC1C2CCCOC2C1Nc1ncc(Cl)cc1F. The van der Waals surface area contributed by atoms with Gasteiger partial charge in [0, 0.05) is 24.8 Å². The summed E-state index contributed by atoms with van der Waals surface area (Å²) in [6.07, 6.45) is 3.62. The molecular formula is C12H15ClFN3O. The second-order valence-electron chi connectivity index (χ2n) is 4.87. The van der Waals surface area contributed by atoms with Crippen molar-refractivity contribution in [1.29, 1.82) is 0 Å². The Hall–Kier alpha value is -0.910. The van der Waals surface area contributed by atoms with E-state index in [2.05, 4.69) is 10.3 Å². The van der Waals surface area contributed by atoms with E-state index in [1.807, 2.05) is 0 Å². The third kappa shape index (κ3) is 1.96. The molecule has 1 aromatic rings. The summed E-state index contributed by atoms with van der Waals surface area (Å²) in [5.41, 5.74) is 6.09. The van der Waals surface area contributed by atoms with E-state index in [0.717, 1.165) is 19.4 Å². The average Bonchev–Trinajstić information content (AvgIpc) is 2.37. The van der Waals surface area contributed by atoms with Crippen LogP contribution in [0.15, 0.2) is 12.3 Å². The molecule has 4 unspecified atom stereocenters. The van der Waals surface area contributed by atoms with Gasteiger partial charge in [-0.1, -0.05) is 11.6 Å². The number of aromatic nitrogens is 1. The zero-order valence-corrected chi connectivity index (χ0v) is 10.5. The van der Waals surface area contributed by atoms with Gasteiger partial charge in [0.2, 0.25) is 0 Å². The Morgan fingerprint density at radius 1 is 1.56 bits per heavy atom. The van der Waals surface area contributed by atoms with Gasteiger partial charge >= 0.3 is 0 Å². The number of pyridine rings is 1. The van der Waals surface area contributed by atoms with E-state index < -0.39 is 5.82 Å². The number of nitrogens with one attached hydrogen (secondary N) is 1. The van der Waals surface area contributed by atoms with Crippen LogP contribution < -0.4 is 11.1 Å². The molecule has 98 valence electrons. The van der Waals surface area contributed by atoms with Crippen molar-refractivity contribution in [3.8, 4) is 0 Å². The van der Waals surface area contributed by atoms with Crippen LogP contribution in [0.25, 0.3) is 0 Å². The Morgan fingerprint density at radius 2 is 2.39 bits per heavy atom. The van der Waals surface area contributed by atoms with Crippen LogP contribution in [0.4, 0.5) is 10.2 Å². The van der Waals surface area contributed by atoms with Crippen LogP contribution in [0.1, 0.15) is 12.8 Å². The predicted molar refractivity (Wildman–Crippen MR) is 67.1 cm³/mol. The zero-order chi connectivity index (χ0) is 12.7. The van der Waals surface area contributed by atoms with E-state index in [1.54, 1.807) is 0 Å². The summed E-state index contributed by atoms with van der Waals surface area (Å²) >= 11 is 5.66. The normalized spacial score (nSPS) is 34.6. The maximum atomic E-state index is 13.6. The van der Waals surface area contributed by atoms with Gasteiger partial charge in [-0.3, -0.25) is 0 Å². The Labute approximate surface area is 110 Å². The van der Waals surface area contributed by atoms with E-state index in [-0.39, 0.29) is 29.0 Å². The highest BCUT2D eigenvalue weighted by molar-refractivity contribution is 6.30. The second kappa shape index (κ2) is 4.64. The summed E-state index contributed by atoms with van der Waals surface area (Å²) in [6, 6.07) is 1.16. The Balaban J connectivity index is 1.73. The molecule has 4 nitrogen and oxygen atoms in total.